The van der Waals surface area contributed by atoms with Crippen molar-refractivity contribution >= 4 is 0 Å². The molecule has 3 heteroatoms. The van der Waals surface area contributed by atoms with Crippen LogP contribution in [0, 0.1) is 0 Å². The molecule has 0 radical (unpaired) electrons. The van der Waals surface area contributed by atoms with Gasteiger partial charge < -0.3 is 15.0 Å². The van der Waals surface area contributed by atoms with Crippen LogP contribution in [0.5, 0.6) is 0 Å². The van der Waals surface area contributed by atoms with Gasteiger partial charge in [0.25, 0.3) is 0 Å². The van der Waals surface area contributed by atoms with Crippen LogP contribution < -0.4 is 5.32 Å². The van der Waals surface area contributed by atoms with E-state index in [4.69, 9.17) is 4.74 Å². The van der Waals surface area contributed by atoms with Gasteiger partial charge in [-0.05, 0) is 52.7 Å². The first-order chi connectivity index (χ1) is 8.20. The van der Waals surface area contributed by atoms with E-state index in [1.807, 2.05) is 0 Å². The maximum Gasteiger partial charge on any atom is 0.0518 e. The summed E-state index contributed by atoms with van der Waals surface area (Å²) in [5.74, 6) is 0. The Bertz CT molecular complexity index is 145. The number of nitrogens with one attached hydrogen (secondary N) is 1. The van der Waals surface area contributed by atoms with Gasteiger partial charge in [0.1, 0.15) is 0 Å². The fourth-order valence-corrected chi connectivity index (χ4v) is 1.85. The SMILES string of the molecule is CCCN(CCC)CCNCCCOC(C)C. The van der Waals surface area contributed by atoms with E-state index in [-0.39, 0.29) is 0 Å². The normalized spacial score (nSPS) is 11.6. The summed E-state index contributed by atoms with van der Waals surface area (Å²) >= 11 is 0. The Kier molecular flexibility index (Phi) is 12.3. The van der Waals surface area contributed by atoms with Gasteiger partial charge in [0.05, 0.1) is 6.10 Å². The van der Waals surface area contributed by atoms with Gasteiger partial charge in [0.2, 0.25) is 0 Å². The molecule has 0 heterocycles. The molecule has 0 aromatic rings. The first kappa shape index (κ1) is 16.9. The monoisotopic (exact) mass is 244 g/mol. The molecule has 0 aliphatic heterocycles. The molecule has 0 rings (SSSR count). The van der Waals surface area contributed by atoms with Gasteiger partial charge in [0, 0.05) is 19.7 Å². The molecule has 0 aliphatic carbocycles. The maximum absolute atomic E-state index is 5.50. The van der Waals surface area contributed by atoms with Crippen molar-refractivity contribution in [1.29, 1.82) is 0 Å². The summed E-state index contributed by atoms with van der Waals surface area (Å²) in [6.45, 7) is 15.3. The van der Waals surface area contributed by atoms with Gasteiger partial charge in [-0.3, -0.25) is 0 Å². The van der Waals surface area contributed by atoms with Crippen molar-refractivity contribution in [3.8, 4) is 0 Å². The molecule has 0 bridgehead atoms. The Morgan fingerprint density at radius 3 is 2.18 bits per heavy atom. The average molecular weight is 244 g/mol. The Labute approximate surface area is 108 Å². The largest absolute Gasteiger partial charge is 0.379 e. The summed E-state index contributed by atoms with van der Waals surface area (Å²) in [6, 6.07) is 0. The van der Waals surface area contributed by atoms with E-state index in [0.29, 0.717) is 6.10 Å². The predicted octanol–water partition coefficient (Wildman–Crippen LogP) is 2.51. The van der Waals surface area contributed by atoms with Gasteiger partial charge in [0.15, 0.2) is 0 Å². The number of rotatable bonds is 12. The van der Waals surface area contributed by atoms with Crippen LogP contribution in [0.1, 0.15) is 47.0 Å². The molecule has 0 aromatic heterocycles. The van der Waals surface area contributed by atoms with Crippen LogP contribution in [0.15, 0.2) is 0 Å². The lowest BCUT2D eigenvalue weighted by molar-refractivity contribution is 0.0770. The molecular weight excluding hydrogens is 212 g/mol. The fraction of sp³-hybridized carbons (Fsp3) is 1.00. The van der Waals surface area contributed by atoms with Crippen molar-refractivity contribution in [2.24, 2.45) is 0 Å². The molecule has 0 amide bonds. The second-order valence-electron chi connectivity index (χ2n) is 4.86. The molecule has 104 valence electrons. The highest BCUT2D eigenvalue weighted by Crippen LogP contribution is 1.93. The number of hydrogen-bond acceptors (Lipinski definition) is 3. The molecular formula is C14H32N2O. The smallest absolute Gasteiger partial charge is 0.0518 e. The first-order valence-corrected chi connectivity index (χ1v) is 7.25. The van der Waals surface area contributed by atoms with E-state index >= 15 is 0 Å². The molecule has 3 nitrogen and oxygen atoms in total. The highest BCUT2D eigenvalue weighted by molar-refractivity contribution is 4.58. The molecule has 0 atom stereocenters. The third-order valence-corrected chi connectivity index (χ3v) is 2.63. The van der Waals surface area contributed by atoms with Gasteiger partial charge in [-0.2, -0.15) is 0 Å². The molecule has 0 spiro atoms. The van der Waals surface area contributed by atoms with Crippen LogP contribution in [-0.4, -0.2) is 50.3 Å². The Hall–Kier alpha value is -0.120. The summed E-state index contributed by atoms with van der Waals surface area (Å²) < 4.78 is 5.50. The maximum atomic E-state index is 5.50. The summed E-state index contributed by atoms with van der Waals surface area (Å²) in [5, 5.41) is 3.48. The Balaban J connectivity index is 3.29. The summed E-state index contributed by atoms with van der Waals surface area (Å²) in [7, 11) is 0. The van der Waals surface area contributed by atoms with Crippen molar-refractivity contribution in [2.75, 3.05) is 39.3 Å². The topological polar surface area (TPSA) is 24.5 Å². The molecule has 0 aliphatic rings. The predicted molar refractivity (Wildman–Crippen MR) is 75.6 cm³/mol. The summed E-state index contributed by atoms with van der Waals surface area (Å²) in [5.41, 5.74) is 0. The van der Waals surface area contributed by atoms with Gasteiger partial charge in [-0.25, -0.2) is 0 Å². The van der Waals surface area contributed by atoms with Crippen LogP contribution >= 0.6 is 0 Å². The Morgan fingerprint density at radius 1 is 1.00 bits per heavy atom. The molecule has 0 saturated heterocycles. The quantitative estimate of drug-likeness (QED) is 0.534. The van der Waals surface area contributed by atoms with E-state index in [1.165, 1.54) is 32.5 Å². The summed E-state index contributed by atoms with van der Waals surface area (Å²) in [4.78, 5) is 2.54. The zero-order valence-corrected chi connectivity index (χ0v) is 12.3. The van der Waals surface area contributed by atoms with E-state index in [0.717, 1.165) is 26.1 Å². The van der Waals surface area contributed by atoms with Crippen molar-refractivity contribution < 1.29 is 4.74 Å². The number of hydrogen-bond donors (Lipinski definition) is 1. The van der Waals surface area contributed by atoms with Crippen molar-refractivity contribution in [3.63, 3.8) is 0 Å². The standard InChI is InChI=1S/C14H32N2O/c1-5-10-16(11-6-2)12-9-15-8-7-13-17-14(3)4/h14-15H,5-13H2,1-4H3. The van der Waals surface area contributed by atoms with Crippen molar-refractivity contribution in [1.82, 2.24) is 10.2 Å². The highest BCUT2D eigenvalue weighted by Gasteiger charge is 2.01. The molecule has 17 heavy (non-hydrogen) atoms. The fourth-order valence-electron chi connectivity index (χ4n) is 1.85. The minimum atomic E-state index is 0.361. The van der Waals surface area contributed by atoms with E-state index < -0.39 is 0 Å². The molecule has 0 aromatic carbocycles. The highest BCUT2D eigenvalue weighted by atomic mass is 16.5. The van der Waals surface area contributed by atoms with Crippen molar-refractivity contribution in [3.05, 3.63) is 0 Å². The average Bonchev–Trinajstić information content (AvgIpc) is 2.28. The minimum Gasteiger partial charge on any atom is -0.379 e. The molecule has 0 saturated carbocycles. The van der Waals surface area contributed by atoms with Crippen LogP contribution in [0.4, 0.5) is 0 Å². The Morgan fingerprint density at radius 2 is 1.65 bits per heavy atom. The zero-order valence-electron chi connectivity index (χ0n) is 12.3. The third kappa shape index (κ3) is 12.1. The van der Waals surface area contributed by atoms with E-state index in [9.17, 15) is 0 Å². The van der Waals surface area contributed by atoms with E-state index in [1.54, 1.807) is 0 Å². The van der Waals surface area contributed by atoms with Gasteiger partial charge >= 0.3 is 0 Å². The summed E-state index contributed by atoms with van der Waals surface area (Å²) in [6.07, 6.45) is 3.98. The molecule has 1 N–H and O–H groups in total. The third-order valence-electron chi connectivity index (χ3n) is 2.63. The van der Waals surface area contributed by atoms with Gasteiger partial charge in [-0.1, -0.05) is 13.8 Å². The molecule has 0 unspecified atom stereocenters. The first-order valence-electron chi connectivity index (χ1n) is 7.25. The second kappa shape index (κ2) is 12.3. The minimum absolute atomic E-state index is 0.361. The lowest BCUT2D eigenvalue weighted by Gasteiger charge is -2.21. The lowest BCUT2D eigenvalue weighted by atomic mass is 10.3. The molecule has 0 fully saturated rings. The van der Waals surface area contributed by atoms with Gasteiger partial charge in [-0.15, -0.1) is 0 Å². The second-order valence-corrected chi connectivity index (χ2v) is 4.86. The number of nitrogens with zero attached hydrogens (tertiary/aromatic N) is 1. The van der Waals surface area contributed by atoms with Crippen LogP contribution in [0.2, 0.25) is 0 Å². The lowest BCUT2D eigenvalue weighted by Crippen LogP contribution is -2.33. The van der Waals surface area contributed by atoms with Crippen LogP contribution in [0.3, 0.4) is 0 Å². The number of ether oxygens (including phenoxy) is 1. The zero-order chi connectivity index (χ0) is 12.9. The van der Waals surface area contributed by atoms with E-state index in [2.05, 4.69) is 37.9 Å². The van der Waals surface area contributed by atoms with Crippen molar-refractivity contribution in [2.45, 2.75) is 53.1 Å². The van der Waals surface area contributed by atoms with Crippen LogP contribution in [-0.2, 0) is 4.74 Å². The van der Waals surface area contributed by atoms with Crippen LogP contribution in [0.25, 0.3) is 0 Å².